The van der Waals surface area contributed by atoms with Crippen molar-refractivity contribution in [3.63, 3.8) is 0 Å². The molecular weight excluding hydrogens is 312 g/mol. The predicted molar refractivity (Wildman–Crippen MR) is 96.1 cm³/mol. The van der Waals surface area contributed by atoms with E-state index in [9.17, 15) is 0 Å². The zero-order valence-corrected chi connectivity index (χ0v) is 14.1. The van der Waals surface area contributed by atoms with Gasteiger partial charge >= 0.3 is 0 Å². The van der Waals surface area contributed by atoms with E-state index >= 15 is 0 Å². The second kappa shape index (κ2) is 9.06. The summed E-state index contributed by atoms with van der Waals surface area (Å²) in [5, 5.41) is 4.72. The minimum absolute atomic E-state index is 0.515. The van der Waals surface area contributed by atoms with E-state index in [1.54, 1.807) is 13.3 Å². The van der Waals surface area contributed by atoms with Crippen molar-refractivity contribution in [1.82, 2.24) is 0 Å². The van der Waals surface area contributed by atoms with Gasteiger partial charge in [-0.1, -0.05) is 43.1 Å². The number of anilines is 1. The van der Waals surface area contributed by atoms with Crippen molar-refractivity contribution < 1.29 is 9.47 Å². The van der Waals surface area contributed by atoms with Gasteiger partial charge < -0.3 is 9.47 Å². The number of hydrazone groups is 1. The van der Waals surface area contributed by atoms with E-state index in [4.69, 9.17) is 21.1 Å². The summed E-state index contributed by atoms with van der Waals surface area (Å²) in [5.41, 5.74) is 4.71. The molecule has 0 saturated carbocycles. The van der Waals surface area contributed by atoms with Crippen LogP contribution in [0.3, 0.4) is 0 Å². The summed E-state index contributed by atoms with van der Waals surface area (Å²) in [5.74, 6) is 1.19. The van der Waals surface area contributed by atoms with Crippen molar-refractivity contribution in [3.8, 4) is 11.5 Å². The van der Waals surface area contributed by atoms with Crippen LogP contribution in [0.2, 0.25) is 5.02 Å². The van der Waals surface area contributed by atoms with Crippen LogP contribution >= 0.6 is 11.6 Å². The molecule has 122 valence electrons. The van der Waals surface area contributed by atoms with Crippen LogP contribution in [0.25, 0.3) is 0 Å². The van der Waals surface area contributed by atoms with Gasteiger partial charge in [-0.2, -0.15) is 5.10 Å². The maximum absolute atomic E-state index is 6.30. The number of ether oxygens (including phenoxy) is 2. The van der Waals surface area contributed by atoms with E-state index in [2.05, 4.69) is 17.5 Å². The maximum atomic E-state index is 6.30. The topological polar surface area (TPSA) is 42.8 Å². The Morgan fingerprint density at radius 1 is 1.22 bits per heavy atom. The smallest absolute Gasteiger partial charge is 0.179 e. The molecule has 0 heterocycles. The van der Waals surface area contributed by atoms with Crippen molar-refractivity contribution in [2.75, 3.05) is 19.1 Å². The Kier molecular flexibility index (Phi) is 6.76. The van der Waals surface area contributed by atoms with Gasteiger partial charge in [-0.15, -0.1) is 0 Å². The van der Waals surface area contributed by atoms with Crippen LogP contribution in [0.4, 0.5) is 5.69 Å². The predicted octanol–water partition coefficient (Wildman–Crippen LogP) is 4.97. The Bertz CT molecular complexity index is 645. The van der Waals surface area contributed by atoms with E-state index in [-0.39, 0.29) is 0 Å². The highest BCUT2D eigenvalue weighted by atomic mass is 35.5. The van der Waals surface area contributed by atoms with Gasteiger partial charge in [0.2, 0.25) is 0 Å². The third-order valence-corrected chi connectivity index (χ3v) is 3.46. The summed E-state index contributed by atoms with van der Waals surface area (Å²) in [6.45, 7) is 2.73. The minimum Gasteiger partial charge on any atom is -0.493 e. The van der Waals surface area contributed by atoms with Crippen LogP contribution in [-0.4, -0.2) is 19.9 Å². The Morgan fingerprint density at radius 2 is 2.00 bits per heavy atom. The number of nitrogens with one attached hydrogen (secondary N) is 1. The molecule has 23 heavy (non-hydrogen) atoms. The summed E-state index contributed by atoms with van der Waals surface area (Å²) < 4.78 is 11.1. The summed E-state index contributed by atoms with van der Waals surface area (Å²) in [6, 6.07) is 13.4. The Balaban J connectivity index is 2.09. The molecule has 0 aliphatic rings. The number of hydrogen-bond acceptors (Lipinski definition) is 4. The molecule has 0 amide bonds. The first-order chi connectivity index (χ1) is 11.2. The monoisotopic (exact) mass is 332 g/mol. The number of nitrogens with zero attached hydrogens (tertiary/aromatic N) is 1. The summed E-state index contributed by atoms with van der Waals surface area (Å²) >= 11 is 6.30. The standard InChI is InChI=1S/C18H21ClN2O2/c1-3-4-10-23-18-16(19)11-14(12-17(18)22-2)13-20-21-15-8-6-5-7-9-15/h5-9,11-13,21H,3-4,10H2,1-2H3. The lowest BCUT2D eigenvalue weighted by Crippen LogP contribution is -2.00. The molecule has 0 bridgehead atoms. The maximum Gasteiger partial charge on any atom is 0.179 e. The van der Waals surface area contributed by atoms with Gasteiger partial charge in [0.05, 0.1) is 30.6 Å². The average Bonchev–Trinajstić information content (AvgIpc) is 2.57. The van der Waals surface area contributed by atoms with Crippen LogP contribution in [0.1, 0.15) is 25.3 Å². The quantitative estimate of drug-likeness (QED) is 0.421. The molecule has 2 rings (SSSR count). The SMILES string of the molecule is CCCCOc1c(Cl)cc(C=NNc2ccccc2)cc1OC. The lowest BCUT2D eigenvalue weighted by molar-refractivity contribution is 0.288. The molecule has 2 aromatic rings. The highest BCUT2D eigenvalue weighted by Crippen LogP contribution is 2.36. The fourth-order valence-electron chi connectivity index (χ4n) is 1.97. The van der Waals surface area contributed by atoms with Gasteiger partial charge in [-0.3, -0.25) is 5.43 Å². The zero-order chi connectivity index (χ0) is 16.5. The first-order valence-electron chi connectivity index (χ1n) is 7.59. The van der Waals surface area contributed by atoms with E-state index in [0.717, 1.165) is 24.1 Å². The molecule has 0 fully saturated rings. The molecule has 0 saturated heterocycles. The molecular formula is C18H21ClN2O2. The van der Waals surface area contributed by atoms with Crippen LogP contribution in [-0.2, 0) is 0 Å². The van der Waals surface area contributed by atoms with Crippen molar-refractivity contribution >= 4 is 23.5 Å². The van der Waals surface area contributed by atoms with Crippen LogP contribution < -0.4 is 14.9 Å². The number of rotatable bonds is 8. The van der Waals surface area contributed by atoms with E-state index in [0.29, 0.717) is 23.1 Å². The van der Waals surface area contributed by atoms with E-state index in [1.807, 2.05) is 42.5 Å². The average molecular weight is 333 g/mol. The lowest BCUT2D eigenvalue weighted by atomic mass is 10.2. The second-order valence-corrected chi connectivity index (χ2v) is 5.38. The van der Waals surface area contributed by atoms with Crippen LogP contribution in [0, 0.1) is 0 Å². The molecule has 0 aliphatic heterocycles. The molecule has 0 radical (unpaired) electrons. The van der Waals surface area contributed by atoms with Gasteiger partial charge in [0.1, 0.15) is 0 Å². The van der Waals surface area contributed by atoms with Crippen molar-refractivity contribution in [1.29, 1.82) is 0 Å². The molecule has 0 aliphatic carbocycles. The summed E-state index contributed by atoms with van der Waals surface area (Å²) in [6.07, 6.45) is 3.73. The molecule has 5 heteroatoms. The van der Waals surface area contributed by atoms with Gasteiger partial charge in [-0.25, -0.2) is 0 Å². The number of methoxy groups -OCH3 is 1. The molecule has 2 aromatic carbocycles. The second-order valence-electron chi connectivity index (χ2n) is 4.97. The van der Waals surface area contributed by atoms with Gasteiger partial charge in [0.15, 0.2) is 11.5 Å². The van der Waals surface area contributed by atoms with Crippen molar-refractivity contribution in [3.05, 3.63) is 53.1 Å². The molecule has 0 unspecified atom stereocenters. The largest absolute Gasteiger partial charge is 0.493 e. The number of halogens is 1. The normalized spacial score (nSPS) is 10.7. The van der Waals surface area contributed by atoms with E-state index < -0.39 is 0 Å². The number of benzene rings is 2. The molecule has 1 N–H and O–H groups in total. The highest BCUT2D eigenvalue weighted by molar-refractivity contribution is 6.32. The van der Waals surface area contributed by atoms with Crippen LogP contribution in [0.15, 0.2) is 47.6 Å². The van der Waals surface area contributed by atoms with Crippen molar-refractivity contribution in [2.24, 2.45) is 5.10 Å². The first-order valence-corrected chi connectivity index (χ1v) is 7.97. The van der Waals surface area contributed by atoms with Gasteiger partial charge in [-0.05, 0) is 36.2 Å². The number of unbranched alkanes of at least 4 members (excludes halogenated alkanes) is 1. The van der Waals surface area contributed by atoms with Gasteiger partial charge in [0.25, 0.3) is 0 Å². The van der Waals surface area contributed by atoms with Gasteiger partial charge in [0, 0.05) is 0 Å². The van der Waals surface area contributed by atoms with Crippen molar-refractivity contribution in [2.45, 2.75) is 19.8 Å². The Morgan fingerprint density at radius 3 is 2.70 bits per heavy atom. The fraction of sp³-hybridized carbons (Fsp3) is 0.278. The summed E-state index contributed by atoms with van der Waals surface area (Å²) in [7, 11) is 1.60. The third kappa shape index (κ3) is 5.18. The highest BCUT2D eigenvalue weighted by Gasteiger charge is 2.11. The lowest BCUT2D eigenvalue weighted by Gasteiger charge is -2.13. The fourth-order valence-corrected chi connectivity index (χ4v) is 2.24. The molecule has 0 spiro atoms. The minimum atomic E-state index is 0.515. The number of para-hydroxylation sites is 1. The molecule has 4 nitrogen and oxygen atoms in total. The Labute approximate surface area is 142 Å². The van der Waals surface area contributed by atoms with Crippen LogP contribution in [0.5, 0.6) is 11.5 Å². The van der Waals surface area contributed by atoms with E-state index in [1.165, 1.54) is 0 Å². The third-order valence-electron chi connectivity index (χ3n) is 3.18. The molecule has 0 aromatic heterocycles. The zero-order valence-electron chi connectivity index (χ0n) is 13.4. The Hall–Kier alpha value is -2.20. The molecule has 0 atom stereocenters. The first kappa shape index (κ1) is 17.2. The number of hydrogen-bond donors (Lipinski definition) is 1. The summed E-state index contributed by atoms with van der Waals surface area (Å²) in [4.78, 5) is 0.